The molecule has 34 heavy (non-hydrogen) atoms. The van der Waals surface area contributed by atoms with Gasteiger partial charge in [-0.2, -0.15) is 13.2 Å². The third-order valence-corrected chi connectivity index (χ3v) is 7.86. The number of nitrogens with two attached hydrogens (primary N) is 1. The van der Waals surface area contributed by atoms with Crippen LogP contribution < -0.4 is 15.5 Å². The Bertz CT molecular complexity index is 1470. The highest BCUT2D eigenvalue weighted by Gasteiger charge is 2.70. The van der Waals surface area contributed by atoms with Gasteiger partial charge in [-0.05, 0) is 54.8 Å². The number of carbonyl (C=O) groups is 2. The predicted octanol–water partition coefficient (Wildman–Crippen LogP) is 3.86. The SMILES string of the molecule is CC1CC12C(=O)N(c1ccc(S(=O)(=O)C(F)(F)F)cc1)C(=O)N2c1ccnc2cccc(N)c12. The molecule has 3 amide bonds. The molecule has 2 unspecified atom stereocenters. The highest BCUT2D eigenvalue weighted by Crippen LogP contribution is 2.56. The number of halogens is 3. The van der Waals surface area contributed by atoms with E-state index in [-0.39, 0.29) is 11.6 Å². The molecule has 1 aromatic heterocycles. The number of pyridine rings is 1. The fraction of sp³-hybridized carbons (Fsp3) is 0.227. The van der Waals surface area contributed by atoms with Crippen molar-refractivity contribution in [3.8, 4) is 0 Å². The molecule has 2 aromatic carbocycles. The van der Waals surface area contributed by atoms with Crippen LogP contribution in [-0.4, -0.2) is 36.4 Å². The van der Waals surface area contributed by atoms with Gasteiger partial charge in [0.1, 0.15) is 5.54 Å². The molecule has 2 N–H and O–H groups in total. The van der Waals surface area contributed by atoms with E-state index in [1.807, 2.05) is 6.92 Å². The first-order valence-corrected chi connectivity index (χ1v) is 11.6. The van der Waals surface area contributed by atoms with Gasteiger partial charge in [-0.3, -0.25) is 14.7 Å². The maximum atomic E-state index is 13.6. The molecule has 176 valence electrons. The number of benzene rings is 2. The van der Waals surface area contributed by atoms with Crippen LogP contribution in [0.5, 0.6) is 0 Å². The van der Waals surface area contributed by atoms with Crippen molar-refractivity contribution < 1.29 is 31.2 Å². The van der Waals surface area contributed by atoms with E-state index in [4.69, 9.17) is 5.73 Å². The Balaban J connectivity index is 1.61. The summed E-state index contributed by atoms with van der Waals surface area (Å²) in [5.74, 6) is -0.733. The van der Waals surface area contributed by atoms with Gasteiger partial charge in [0, 0.05) is 17.3 Å². The van der Waals surface area contributed by atoms with E-state index in [2.05, 4.69) is 4.98 Å². The number of rotatable bonds is 3. The Kier molecular flexibility index (Phi) is 4.50. The number of nitrogen functional groups attached to an aromatic ring is 1. The molecule has 5 rings (SSSR count). The number of imide groups is 1. The molecule has 12 heteroatoms. The first-order chi connectivity index (χ1) is 15.9. The number of fused-ring (bicyclic) bond motifs is 1. The quantitative estimate of drug-likeness (QED) is 0.441. The molecule has 2 aliphatic rings. The van der Waals surface area contributed by atoms with Crippen molar-refractivity contribution in [3.05, 3.63) is 54.7 Å². The van der Waals surface area contributed by atoms with Gasteiger partial charge in [0.05, 0.1) is 21.8 Å². The van der Waals surface area contributed by atoms with E-state index in [0.717, 1.165) is 29.2 Å². The maximum Gasteiger partial charge on any atom is 0.501 e. The minimum atomic E-state index is -5.57. The number of urea groups is 1. The summed E-state index contributed by atoms with van der Waals surface area (Å²) >= 11 is 0. The van der Waals surface area contributed by atoms with Crippen LogP contribution in [-0.2, 0) is 14.6 Å². The number of amides is 3. The Labute approximate surface area is 191 Å². The number of nitrogens with zero attached hydrogens (tertiary/aromatic N) is 3. The highest BCUT2D eigenvalue weighted by atomic mass is 32.2. The standard InChI is InChI=1S/C22H17F3N4O4S/c1-12-11-21(12)19(30)28(13-5-7-14(8-6-13)34(32,33)22(23,24)25)20(31)29(21)17-9-10-27-16-4-2-3-15(26)18(16)17/h2-10,12H,11,26H2,1H3. The molecule has 0 radical (unpaired) electrons. The summed E-state index contributed by atoms with van der Waals surface area (Å²) < 4.78 is 61.9. The predicted molar refractivity (Wildman–Crippen MR) is 118 cm³/mol. The zero-order valence-electron chi connectivity index (χ0n) is 17.6. The Morgan fingerprint density at radius 3 is 2.32 bits per heavy atom. The zero-order chi connectivity index (χ0) is 24.6. The lowest BCUT2D eigenvalue weighted by molar-refractivity contribution is -0.119. The fourth-order valence-electron chi connectivity index (χ4n) is 4.52. The minimum absolute atomic E-state index is 0.0385. The summed E-state index contributed by atoms with van der Waals surface area (Å²) in [5.41, 5.74) is 0.762. The topological polar surface area (TPSA) is 114 Å². The number of sulfone groups is 1. The summed E-state index contributed by atoms with van der Waals surface area (Å²) in [6.07, 6.45) is 1.88. The van der Waals surface area contributed by atoms with Gasteiger partial charge in [-0.25, -0.2) is 18.1 Å². The highest BCUT2D eigenvalue weighted by molar-refractivity contribution is 7.92. The van der Waals surface area contributed by atoms with E-state index in [9.17, 15) is 31.2 Å². The molecule has 1 spiro atoms. The Morgan fingerprint density at radius 1 is 1.09 bits per heavy atom. The summed E-state index contributed by atoms with van der Waals surface area (Å²) in [7, 11) is -5.57. The van der Waals surface area contributed by atoms with Crippen LogP contribution in [0.1, 0.15) is 13.3 Å². The molecule has 2 heterocycles. The van der Waals surface area contributed by atoms with E-state index >= 15 is 0 Å². The number of alkyl halides is 3. The Morgan fingerprint density at radius 2 is 1.74 bits per heavy atom. The van der Waals surface area contributed by atoms with Crippen LogP contribution in [0.3, 0.4) is 0 Å². The van der Waals surface area contributed by atoms with Crippen molar-refractivity contribution in [1.82, 2.24) is 4.98 Å². The second-order valence-electron chi connectivity index (χ2n) is 8.30. The first kappa shape index (κ1) is 22.1. The summed E-state index contributed by atoms with van der Waals surface area (Å²) in [4.78, 5) is 32.6. The number of carbonyl (C=O) groups excluding carboxylic acids is 2. The smallest absolute Gasteiger partial charge is 0.398 e. The van der Waals surface area contributed by atoms with E-state index in [1.54, 1.807) is 24.3 Å². The van der Waals surface area contributed by atoms with Crippen molar-refractivity contribution in [1.29, 1.82) is 0 Å². The van der Waals surface area contributed by atoms with Crippen molar-refractivity contribution in [2.24, 2.45) is 5.92 Å². The molecule has 1 aliphatic heterocycles. The molecule has 1 aliphatic carbocycles. The van der Waals surface area contributed by atoms with Crippen LogP contribution in [0.25, 0.3) is 10.9 Å². The molecule has 2 fully saturated rings. The molecule has 0 bridgehead atoms. The lowest BCUT2D eigenvalue weighted by Gasteiger charge is -2.24. The van der Waals surface area contributed by atoms with Gasteiger partial charge in [-0.1, -0.05) is 13.0 Å². The van der Waals surface area contributed by atoms with Crippen LogP contribution in [0, 0.1) is 5.92 Å². The van der Waals surface area contributed by atoms with Gasteiger partial charge in [0.2, 0.25) is 0 Å². The molecular formula is C22H17F3N4O4S. The minimum Gasteiger partial charge on any atom is -0.398 e. The van der Waals surface area contributed by atoms with Crippen molar-refractivity contribution in [2.75, 3.05) is 15.5 Å². The largest absolute Gasteiger partial charge is 0.501 e. The summed E-state index contributed by atoms with van der Waals surface area (Å²) in [6, 6.07) is 9.43. The number of aromatic nitrogens is 1. The van der Waals surface area contributed by atoms with E-state index in [1.165, 1.54) is 11.1 Å². The van der Waals surface area contributed by atoms with Gasteiger partial charge in [0.15, 0.2) is 0 Å². The summed E-state index contributed by atoms with van der Waals surface area (Å²) in [6.45, 7) is 1.81. The molecular weight excluding hydrogens is 473 g/mol. The van der Waals surface area contributed by atoms with E-state index < -0.39 is 37.7 Å². The molecule has 1 saturated carbocycles. The monoisotopic (exact) mass is 490 g/mol. The van der Waals surface area contributed by atoms with Crippen molar-refractivity contribution in [3.63, 3.8) is 0 Å². The van der Waals surface area contributed by atoms with Crippen LogP contribution in [0.15, 0.2) is 59.6 Å². The third-order valence-electron chi connectivity index (χ3n) is 6.36. The average molecular weight is 490 g/mol. The van der Waals surface area contributed by atoms with Crippen LogP contribution >= 0.6 is 0 Å². The third kappa shape index (κ3) is 2.84. The Hall–Kier alpha value is -3.67. The first-order valence-electron chi connectivity index (χ1n) is 10.1. The average Bonchev–Trinajstić information content (AvgIpc) is 3.39. The lowest BCUT2D eigenvalue weighted by Crippen LogP contribution is -2.39. The number of anilines is 3. The zero-order valence-corrected chi connectivity index (χ0v) is 18.4. The molecule has 8 nitrogen and oxygen atoms in total. The second kappa shape index (κ2) is 6.92. The number of hydrogen-bond donors (Lipinski definition) is 1. The lowest BCUT2D eigenvalue weighted by atomic mass is 10.1. The van der Waals surface area contributed by atoms with Gasteiger partial charge < -0.3 is 5.73 Å². The normalized spacial score (nSPS) is 22.8. The van der Waals surface area contributed by atoms with E-state index in [0.29, 0.717) is 28.7 Å². The second-order valence-corrected chi connectivity index (χ2v) is 10.2. The van der Waals surface area contributed by atoms with Crippen molar-refractivity contribution in [2.45, 2.75) is 29.3 Å². The summed E-state index contributed by atoms with van der Waals surface area (Å²) in [5, 5.41) is 0.498. The van der Waals surface area contributed by atoms with Gasteiger partial charge in [-0.15, -0.1) is 0 Å². The van der Waals surface area contributed by atoms with Crippen molar-refractivity contribution >= 4 is 49.7 Å². The van der Waals surface area contributed by atoms with Crippen LogP contribution in [0.2, 0.25) is 0 Å². The maximum absolute atomic E-state index is 13.6. The molecule has 3 aromatic rings. The molecule has 2 atom stereocenters. The fourth-order valence-corrected chi connectivity index (χ4v) is 5.28. The molecule has 1 saturated heterocycles. The van der Waals surface area contributed by atoms with Crippen LogP contribution in [0.4, 0.5) is 35.0 Å². The number of hydrogen-bond acceptors (Lipinski definition) is 6. The van der Waals surface area contributed by atoms with Gasteiger partial charge >= 0.3 is 11.5 Å². The van der Waals surface area contributed by atoms with Gasteiger partial charge in [0.25, 0.3) is 15.7 Å².